The second-order valence-corrected chi connectivity index (χ2v) is 10.9. The molecule has 0 radical (unpaired) electrons. The molecule has 3 heterocycles. The molecule has 200 valence electrons. The number of carbonyl (C=O) groups excluding carboxylic acids is 1. The molecule has 1 fully saturated rings. The minimum Gasteiger partial charge on any atom is -0.363 e. The van der Waals surface area contributed by atoms with Crippen molar-refractivity contribution < 1.29 is 13.6 Å². The van der Waals surface area contributed by atoms with Gasteiger partial charge in [-0.05, 0) is 38.2 Å². The van der Waals surface area contributed by atoms with E-state index in [1.165, 1.54) is 12.3 Å². The normalized spacial score (nSPS) is 15.8. The van der Waals surface area contributed by atoms with Gasteiger partial charge < -0.3 is 20.9 Å². The van der Waals surface area contributed by atoms with Crippen molar-refractivity contribution in [2.24, 2.45) is 5.41 Å². The summed E-state index contributed by atoms with van der Waals surface area (Å²) in [4.78, 5) is 22.8. The van der Waals surface area contributed by atoms with Crippen molar-refractivity contribution in [3.8, 4) is 6.07 Å². The van der Waals surface area contributed by atoms with Crippen LogP contribution in [0.15, 0.2) is 18.3 Å². The highest BCUT2D eigenvalue weighted by atomic mass is 19.1. The standard InChI is InChI=1S/C27H37F2N7O/c1-17(32-23(37)14-27(3,4)5)18(2)33-25-21(28)12-19(15-30)24(35-25)34-20-13-22(29)26(31-16-20)36-10-8-6-7-9-11-36/h12-13,16-18H,6-11,14H2,1-5H3,(H,32,37)(H2,33,34,35)/t17-,18?/m0/s1. The van der Waals surface area contributed by atoms with Gasteiger partial charge in [-0.25, -0.2) is 18.7 Å². The molecule has 0 spiro atoms. The van der Waals surface area contributed by atoms with Gasteiger partial charge in [0.25, 0.3) is 0 Å². The highest BCUT2D eigenvalue weighted by molar-refractivity contribution is 5.77. The number of amides is 1. The van der Waals surface area contributed by atoms with Crippen molar-refractivity contribution in [1.29, 1.82) is 5.26 Å². The number of halogens is 2. The fourth-order valence-electron chi connectivity index (χ4n) is 4.17. The summed E-state index contributed by atoms with van der Waals surface area (Å²) >= 11 is 0. The van der Waals surface area contributed by atoms with Gasteiger partial charge in [-0.1, -0.05) is 33.6 Å². The molecular weight excluding hydrogens is 476 g/mol. The van der Waals surface area contributed by atoms with E-state index in [4.69, 9.17) is 0 Å². The summed E-state index contributed by atoms with van der Waals surface area (Å²) in [6.45, 7) is 11.1. The van der Waals surface area contributed by atoms with Gasteiger partial charge in [-0.3, -0.25) is 4.79 Å². The fourth-order valence-corrected chi connectivity index (χ4v) is 4.17. The number of carbonyl (C=O) groups is 1. The van der Waals surface area contributed by atoms with Crippen LogP contribution in [0.3, 0.4) is 0 Å². The van der Waals surface area contributed by atoms with Crippen molar-refractivity contribution in [1.82, 2.24) is 15.3 Å². The number of nitrogens with one attached hydrogen (secondary N) is 3. The van der Waals surface area contributed by atoms with Crippen molar-refractivity contribution in [2.75, 3.05) is 28.6 Å². The summed E-state index contributed by atoms with van der Waals surface area (Å²) in [6.07, 6.45) is 6.10. The smallest absolute Gasteiger partial charge is 0.220 e. The average molecular weight is 514 g/mol. The summed E-state index contributed by atoms with van der Waals surface area (Å²) in [6, 6.07) is 3.63. The first kappa shape index (κ1) is 28.1. The van der Waals surface area contributed by atoms with Crippen LogP contribution < -0.4 is 20.9 Å². The lowest BCUT2D eigenvalue weighted by Crippen LogP contribution is -2.44. The third kappa shape index (κ3) is 8.00. The average Bonchev–Trinajstić information content (AvgIpc) is 3.09. The van der Waals surface area contributed by atoms with E-state index in [0.717, 1.165) is 44.8 Å². The molecule has 3 rings (SSSR count). The number of pyridine rings is 2. The maximum Gasteiger partial charge on any atom is 0.220 e. The van der Waals surface area contributed by atoms with Gasteiger partial charge in [0.2, 0.25) is 5.91 Å². The van der Waals surface area contributed by atoms with Crippen LogP contribution in [0.5, 0.6) is 0 Å². The molecule has 2 aromatic heterocycles. The molecule has 0 saturated carbocycles. The molecule has 1 aliphatic rings. The molecular formula is C27H37F2N7O. The van der Waals surface area contributed by atoms with Gasteiger partial charge in [0, 0.05) is 37.7 Å². The summed E-state index contributed by atoms with van der Waals surface area (Å²) in [5, 5.41) is 18.3. The van der Waals surface area contributed by atoms with E-state index in [0.29, 0.717) is 17.9 Å². The van der Waals surface area contributed by atoms with Crippen LogP contribution in [0.4, 0.5) is 31.9 Å². The quantitative estimate of drug-likeness (QED) is 0.428. The third-order valence-corrected chi connectivity index (χ3v) is 6.28. The van der Waals surface area contributed by atoms with Crippen LogP contribution in [0.25, 0.3) is 0 Å². The van der Waals surface area contributed by atoms with E-state index >= 15 is 0 Å². The summed E-state index contributed by atoms with van der Waals surface area (Å²) in [7, 11) is 0. The molecule has 0 aliphatic carbocycles. The van der Waals surface area contributed by atoms with Crippen LogP contribution in [-0.4, -0.2) is 41.0 Å². The molecule has 0 bridgehead atoms. The van der Waals surface area contributed by atoms with E-state index in [2.05, 4.69) is 25.9 Å². The predicted molar refractivity (Wildman–Crippen MR) is 142 cm³/mol. The molecule has 1 unspecified atom stereocenters. The Balaban J connectivity index is 1.74. The van der Waals surface area contributed by atoms with E-state index < -0.39 is 11.6 Å². The van der Waals surface area contributed by atoms with Gasteiger partial charge in [0.1, 0.15) is 6.07 Å². The fraction of sp³-hybridized carbons (Fsp3) is 0.556. The Kier molecular flexibility index (Phi) is 9.24. The number of anilines is 4. The zero-order valence-electron chi connectivity index (χ0n) is 22.3. The summed E-state index contributed by atoms with van der Waals surface area (Å²) in [5.74, 6) is -0.976. The number of rotatable bonds is 8. The van der Waals surface area contributed by atoms with Crippen molar-refractivity contribution in [3.05, 3.63) is 35.5 Å². The Morgan fingerprint density at radius 1 is 1.08 bits per heavy atom. The molecule has 2 atom stereocenters. The first-order valence-corrected chi connectivity index (χ1v) is 12.8. The molecule has 1 aliphatic heterocycles. The molecule has 1 amide bonds. The largest absolute Gasteiger partial charge is 0.363 e. The highest BCUT2D eigenvalue weighted by Gasteiger charge is 2.22. The maximum absolute atomic E-state index is 14.9. The van der Waals surface area contributed by atoms with Gasteiger partial charge in [-0.15, -0.1) is 0 Å². The monoisotopic (exact) mass is 513 g/mol. The first-order valence-electron chi connectivity index (χ1n) is 12.8. The minimum atomic E-state index is -0.706. The molecule has 10 heteroatoms. The second-order valence-electron chi connectivity index (χ2n) is 10.9. The molecule has 37 heavy (non-hydrogen) atoms. The molecule has 0 aromatic carbocycles. The van der Waals surface area contributed by atoms with Crippen LogP contribution in [0.2, 0.25) is 0 Å². The summed E-state index contributed by atoms with van der Waals surface area (Å²) in [5.41, 5.74) is 0.120. The van der Waals surface area contributed by atoms with E-state index in [-0.39, 0.29) is 40.6 Å². The number of nitriles is 1. The Morgan fingerprint density at radius 3 is 2.35 bits per heavy atom. The number of aromatic nitrogens is 2. The van der Waals surface area contributed by atoms with Crippen molar-refractivity contribution in [2.45, 2.75) is 78.8 Å². The van der Waals surface area contributed by atoms with E-state index in [1.54, 1.807) is 6.92 Å². The molecule has 8 nitrogen and oxygen atoms in total. The molecule has 1 saturated heterocycles. The zero-order valence-corrected chi connectivity index (χ0v) is 22.3. The Morgan fingerprint density at radius 2 is 1.76 bits per heavy atom. The Bertz CT molecular complexity index is 1130. The SMILES string of the molecule is CC(Nc1nc(Nc2cnc(N3CCCCCC3)c(F)c2)c(C#N)cc1F)[C@H](C)NC(=O)CC(C)(C)C. The zero-order chi connectivity index (χ0) is 27.2. The van der Waals surface area contributed by atoms with Crippen LogP contribution >= 0.6 is 0 Å². The van der Waals surface area contributed by atoms with Gasteiger partial charge >= 0.3 is 0 Å². The Labute approximate surface area is 217 Å². The van der Waals surface area contributed by atoms with Crippen molar-refractivity contribution >= 4 is 29.0 Å². The Hall–Kier alpha value is -3.48. The van der Waals surface area contributed by atoms with Gasteiger partial charge in [-0.2, -0.15) is 5.26 Å². The van der Waals surface area contributed by atoms with Gasteiger partial charge in [0.05, 0.1) is 17.4 Å². The lowest BCUT2D eigenvalue weighted by atomic mass is 9.92. The number of nitrogens with zero attached hydrogens (tertiary/aromatic N) is 4. The van der Waals surface area contributed by atoms with E-state index in [1.807, 2.05) is 38.7 Å². The minimum absolute atomic E-state index is 0.0285. The highest BCUT2D eigenvalue weighted by Crippen LogP contribution is 2.27. The molecule has 2 aromatic rings. The van der Waals surface area contributed by atoms with Crippen LogP contribution in [0.1, 0.15) is 72.3 Å². The lowest BCUT2D eigenvalue weighted by molar-refractivity contribution is -0.123. The predicted octanol–water partition coefficient (Wildman–Crippen LogP) is 5.49. The van der Waals surface area contributed by atoms with Crippen LogP contribution in [0, 0.1) is 28.4 Å². The maximum atomic E-state index is 14.9. The topological polar surface area (TPSA) is 106 Å². The summed E-state index contributed by atoms with van der Waals surface area (Å²) < 4.78 is 29.7. The lowest BCUT2D eigenvalue weighted by Gasteiger charge is -2.25. The third-order valence-electron chi connectivity index (χ3n) is 6.28. The second kappa shape index (κ2) is 12.2. The van der Waals surface area contributed by atoms with E-state index in [9.17, 15) is 18.8 Å². The number of hydrogen-bond donors (Lipinski definition) is 3. The van der Waals surface area contributed by atoms with Crippen molar-refractivity contribution in [3.63, 3.8) is 0 Å². The number of hydrogen-bond acceptors (Lipinski definition) is 7. The molecule has 3 N–H and O–H groups in total. The van der Waals surface area contributed by atoms with Gasteiger partial charge in [0.15, 0.2) is 29.1 Å². The van der Waals surface area contributed by atoms with Crippen LogP contribution in [-0.2, 0) is 4.79 Å². The first-order chi connectivity index (χ1) is 17.5.